The number of carbonyl (C=O) groups is 1. The summed E-state index contributed by atoms with van der Waals surface area (Å²) in [7, 11) is -4.15. The summed E-state index contributed by atoms with van der Waals surface area (Å²) in [6.45, 7) is 1.94. The predicted octanol–water partition coefficient (Wildman–Crippen LogP) is 8.74. The third kappa shape index (κ3) is 8.74. The molecule has 0 aliphatic heterocycles. The van der Waals surface area contributed by atoms with Crippen molar-refractivity contribution in [1.29, 1.82) is 0 Å². The molecule has 0 saturated heterocycles. The highest BCUT2D eigenvalue weighted by Crippen LogP contribution is 2.71. The maximum absolute atomic E-state index is 15.6. The molecule has 4 atom stereocenters. The lowest BCUT2D eigenvalue weighted by molar-refractivity contribution is -0.143. The van der Waals surface area contributed by atoms with Crippen molar-refractivity contribution in [2.24, 2.45) is 17.8 Å². The van der Waals surface area contributed by atoms with Gasteiger partial charge >= 0.3 is 12.4 Å². The fraction of sp³-hybridized carbons (Fsp3) is 0.385. The van der Waals surface area contributed by atoms with Crippen LogP contribution in [0, 0.1) is 41.2 Å². The molecular weight excluding hydrogens is 872 g/mol. The van der Waals surface area contributed by atoms with Crippen LogP contribution in [0.1, 0.15) is 66.6 Å². The number of nitrogens with zero attached hydrogens (tertiary/aromatic N) is 5. The lowest BCUT2D eigenvalue weighted by atomic mass is 9.93. The van der Waals surface area contributed by atoms with Gasteiger partial charge in [0.2, 0.25) is 15.9 Å². The summed E-state index contributed by atoms with van der Waals surface area (Å²) in [5, 5.41) is 9.30. The van der Waals surface area contributed by atoms with Crippen LogP contribution in [-0.4, -0.2) is 51.3 Å². The van der Waals surface area contributed by atoms with E-state index < -0.39 is 112 Å². The molecule has 10 nitrogen and oxygen atoms in total. The van der Waals surface area contributed by atoms with Gasteiger partial charge < -0.3 is 5.32 Å². The molecule has 0 bridgehead atoms. The summed E-state index contributed by atoms with van der Waals surface area (Å²) in [6.07, 6.45) is -9.89. The van der Waals surface area contributed by atoms with Gasteiger partial charge in [0.05, 0.1) is 33.9 Å². The zero-order valence-corrected chi connectivity index (χ0v) is 33.6. The number of alkyl halides is 8. The number of anilines is 1. The van der Waals surface area contributed by atoms with Gasteiger partial charge in [0.1, 0.15) is 36.1 Å². The summed E-state index contributed by atoms with van der Waals surface area (Å²) in [5.41, 5.74) is -4.23. The van der Waals surface area contributed by atoms with Crippen LogP contribution in [0.15, 0.2) is 42.5 Å². The minimum atomic E-state index is -5.15. The fourth-order valence-corrected chi connectivity index (χ4v) is 8.66. The van der Waals surface area contributed by atoms with Crippen molar-refractivity contribution in [1.82, 2.24) is 29.9 Å². The van der Waals surface area contributed by atoms with Gasteiger partial charge in [-0.1, -0.05) is 44.4 Å². The van der Waals surface area contributed by atoms with Gasteiger partial charge in [-0.3, -0.25) is 18.9 Å². The summed E-state index contributed by atoms with van der Waals surface area (Å²) in [4.78, 5) is 18.6. The predicted molar refractivity (Wildman–Crippen MR) is 202 cm³/mol. The number of benzene rings is 2. The Hall–Kier alpha value is -5.36. The molecule has 0 radical (unpaired) electrons. The molecule has 5 aromatic rings. The lowest BCUT2D eigenvalue weighted by Gasteiger charge is -2.23. The number of rotatable bonds is 10. The van der Waals surface area contributed by atoms with E-state index in [2.05, 4.69) is 37.1 Å². The van der Waals surface area contributed by atoms with E-state index in [0.29, 0.717) is 10.7 Å². The first-order valence-electron chi connectivity index (χ1n) is 18.3. The molecule has 2 aliphatic carbocycles. The van der Waals surface area contributed by atoms with E-state index in [-0.39, 0.29) is 54.6 Å². The highest BCUT2D eigenvalue weighted by atomic mass is 35.5. The molecule has 61 heavy (non-hydrogen) atoms. The van der Waals surface area contributed by atoms with Crippen molar-refractivity contribution in [2.75, 3.05) is 11.0 Å². The smallest absolute Gasteiger partial charge is 0.346 e. The normalized spacial score (nSPS) is 18.7. The molecule has 2 aromatic carbocycles. The van der Waals surface area contributed by atoms with Crippen LogP contribution in [0.25, 0.3) is 22.0 Å². The van der Waals surface area contributed by atoms with Crippen molar-refractivity contribution in [3.63, 3.8) is 0 Å². The van der Waals surface area contributed by atoms with E-state index in [0.717, 1.165) is 18.4 Å². The number of pyridine rings is 1. The molecule has 324 valence electrons. The van der Waals surface area contributed by atoms with Gasteiger partial charge in [-0.05, 0) is 54.2 Å². The van der Waals surface area contributed by atoms with Gasteiger partial charge in [0.15, 0.2) is 11.5 Å². The number of hydrogen-bond donors (Lipinski definition) is 2. The minimum absolute atomic E-state index is 0.0262. The van der Waals surface area contributed by atoms with Gasteiger partial charge in [-0.15, -0.1) is 0 Å². The minimum Gasteiger partial charge on any atom is -0.346 e. The first kappa shape index (κ1) is 43.7. The Bertz CT molecular complexity index is 2750. The fourth-order valence-electron chi connectivity index (χ4n) is 7.93. The van der Waals surface area contributed by atoms with E-state index in [1.807, 2.05) is 0 Å². The maximum atomic E-state index is 15.6. The van der Waals surface area contributed by atoms with Crippen LogP contribution >= 0.6 is 11.6 Å². The van der Waals surface area contributed by atoms with Crippen LogP contribution in [0.2, 0.25) is 5.02 Å². The third-order valence-corrected chi connectivity index (χ3v) is 11.1. The standard InChI is InChI=1S/C39H32ClF10N7O3S/c1-17(2)5-6-22-7-8-23(24-9-10-25(40)29-33(24)57(16-37(43,44)45)54-36(29)55-61(4,59)60)32(51-22)26(13-19-11-20(41)14-21(42)12-19)52-27(58)15-56-35-30(34(53-56)39(48,49)50)28-18(3)31(28)38(35,46)47/h7-12,14,17-18,26,28,31H,13,15-16H2,1-4H3,(H,52,58)(H,54,55)/t18-,26+,28-,31-/m1/s1. The van der Waals surface area contributed by atoms with E-state index in [4.69, 9.17) is 11.6 Å². The molecule has 0 unspecified atom stereocenters. The van der Waals surface area contributed by atoms with Crippen LogP contribution in [-0.2, 0) is 46.4 Å². The molecule has 3 aromatic heterocycles. The summed E-state index contributed by atoms with van der Waals surface area (Å²) >= 11 is 6.46. The van der Waals surface area contributed by atoms with Crippen molar-refractivity contribution < 1.29 is 57.1 Å². The molecule has 1 amide bonds. The van der Waals surface area contributed by atoms with Crippen LogP contribution in [0.5, 0.6) is 0 Å². The van der Waals surface area contributed by atoms with Crippen molar-refractivity contribution in [3.8, 4) is 23.0 Å². The number of aromatic nitrogens is 5. The zero-order chi connectivity index (χ0) is 44.7. The molecule has 2 N–H and O–H groups in total. The highest BCUT2D eigenvalue weighted by molar-refractivity contribution is 7.92. The second-order valence-corrected chi connectivity index (χ2v) is 17.4. The number of carbonyl (C=O) groups excluding carboxylic acids is 1. The van der Waals surface area contributed by atoms with E-state index >= 15 is 8.78 Å². The zero-order valence-electron chi connectivity index (χ0n) is 32.1. The lowest BCUT2D eigenvalue weighted by Crippen LogP contribution is -2.35. The van der Waals surface area contributed by atoms with E-state index in [1.165, 1.54) is 31.2 Å². The Labute approximate surface area is 345 Å². The maximum Gasteiger partial charge on any atom is 0.435 e. The summed E-state index contributed by atoms with van der Waals surface area (Å²) < 4.78 is 173. The molecule has 22 heteroatoms. The number of hydrogen-bond acceptors (Lipinski definition) is 6. The summed E-state index contributed by atoms with van der Waals surface area (Å²) in [5.74, 6) is -5.55. The van der Waals surface area contributed by atoms with Crippen LogP contribution in [0.3, 0.4) is 0 Å². The van der Waals surface area contributed by atoms with Crippen molar-refractivity contribution in [2.45, 2.75) is 70.5 Å². The molecule has 1 saturated carbocycles. The largest absolute Gasteiger partial charge is 0.435 e. The highest BCUT2D eigenvalue weighted by Gasteiger charge is 2.72. The average Bonchev–Trinajstić information content (AvgIpc) is 3.33. The Morgan fingerprint density at radius 2 is 1.64 bits per heavy atom. The van der Waals surface area contributed by atoms with E-state index in [9.17, 15) is 48.3 Å². The number of amides is 1. The summed E-state index contributed by atoms with van der Waals surface area (Å²) in [6, 6.07) is 5.98. The number of halogens is 11. The van der Waals surface area contributed by atoms with Gasteiger partial charge in [0.25, 0.3) is 5.92 Å². The Morgan fingerprint density at radius 1 is 0.984 bits per heavy atom. The van der Waals surface area contributed by atoms with Crippen molar-refractivity contribution >= 4 is 44.3 Å². The Kier molecular flexibility index (Phi) is 10.9. The molecule has 7 rings (SSSR count). The number of sulfonamides is 1. The van der Waals surface area contributed by atoms with Gasteiger partial charge in [-0.2, -0.15) is 45.3 Å². The third-order valence-electron chi connectivity index (χ3n) is 10.2. The Balaban J connectivity index is 1.42. The number of nitrogens with one attached hydrogen (secondary N) is 2. The SMILES string of the molecule is CC(C)C#Cc1ccc(-c2ccc(Cl)c3c(NS(C)(=O)=O)nn(CC(F)(F)F)c23)c([C@H](Cc2cc(F)cc(F)c2)NC(=O)Cn2nc(C(F)(F)F)c3c2C(F)(F)[C@@H]2[C@H](C)[C@H]32)n1. The first-order valence-corrected chi connectivity index (χ1v) is 20.6. The van der Waals surface area contributed by atoms with Crippen LogP contribution < -0.4 is 10.0 Å². The molecule has 2 aliphatic rings. The topological polar surface area (TPSA) is 124 Å². The average molecular weight is 904 g/mol. The molecule has 0 spiro atoms. The van der Waals surface area contributed by atoms with Gasteiger partial charge in [-0.25, -0.2) is 22.2 Å². The molecule has 3 heterocycles. The molecule has 1 fully saturated rings. The second kappa shape index (κ2) is 15.2. The number of fused-ring (bicyclic) bond motifs is 4. The van der Waals surface area contributed by atoms with Gasteiger partial charge in [0, 0.05) is 40.5 Å². The second-order valence-electron chi connectivity index (χ2n) is 15.3. The van der Waals surface area contributed by atoms with Crippen LogP contribution in [0.4, 0.5) is 49.7 Å². The van der Waals surface area contributed by atoms with E-state index in [1.54, 1.807) is 13.8 Å². The first-order chi connectivity index (χ1) is 28.2. The Morgan fingerprint density at radius 3 is 2.25 bits per heavy atom. The monoisotopic (exact) mass is 903 g/mol. The molecular formula is C39H32ClF10N7O3S. The van der Waals surface area contributed by atoms with Crippen molar-refractivity contribution in [3.05, 3.63) is 93.0 Å². The quantitative estimate of drug-likeness (QED) is 0.107.